The zero-order chi connectivity index (χ0) is 63.9. The maximum absolute atomic E-state index is 13.0. The summed E-state index contributed by atoms with van der Waals surface area (Å²) < 4.78 is 68.1. The van der Waals surface area contributed by atoms with Crippen LogP contribution in [0.1, 0.15) is 325 Å². The average Bonchev–Trinajstić information content (AvgIpc) is 3.66. The fraction of sp³-hybridized carbons (Fsp3) is 0.940. The highest BCUT2D eigenvalue weighted by molar-refractivity contribution is 7.47. The number of rotatable bonds is 64. The van der Waals surface area contributed by atoms with E-state index in [4.69, 9.17) is 37.0 Å². The van der Waals surface area contributed by atoms with Gasteiger partial charge in [0.1, 0.15) is 19.3 Å². The van der Waals surface area contributed by atoms with Gasteiger partial charge in [0.15, 0.2) is 12.2 Å². The fourth-order valence-electron chi connectivity index (χ4n) is 9.96. The van der Waals surface area contributed by atoms with Crippen molar-refractivity contribution in [1.29, 1.82) is 0 Å². The molecular weight excluding hydrogens is 1140 g/mol. The number of unbranched alkanes of at least 4 members (excludes halogenated alkanes) is 30. The molecule has 0 aromatic rings. The van der Waals surface area contributed by atoms with Crippen molar-refractivity contribution in [1.82, 2.24) is 0 Å². The first-order valence-electron chi connectivity index (χ1n) is 34.7. The molecule has 0 radical (unpaired) electrons. The van der Waals surface area contributed by atoms with Crippen molar-refractivity contribution in [2.45, 2.75) is 343 Å². The van der Waals surface area contributed by atoms with Crippen LogP contribution in [0.25, 0.3) is 0 Å². The molecule has 5 atom stereocenters. The largest absolute Gasteiger partial charge is 0.472 e. The van der Waals surface area contributed by atoms with E-state index in [1.54, 1.807) is 0 Å². The number of esters is 4. The van der Waals surface area contributed by atoms with E-state index in [-0.39, 0.29) is 25.7 Å². The Morgan fingerprint density at radius 3 is 0.721 bits per heavy atom. The molecule has 0 aromatic carbocycles. The Morgan fingerprint density at radius 1 is 0.291 bits per heavy atom. The van der Waals surface area contributed by atoms with Crippen molar-refractivity contribution in [3.63, 3.8) is 0 Å². The predicted molar refractivity (Wildman–Crippen MR) is 344 cm³/mol. The molecule has 3 unspecified atom stereocenters. The number of aliphatic hydroxyl groups is 1. The van der Waals surface area contributed by atoms with Crippen LogP contribution in [-0.4, -0.2) is 96.7 Å². The van der Waals surface area contributed by atoms with Gasteiger partial charge in [0.25, 0.3) is 0 Å². The standard InChI is InChI=1S/C67H130O17P2/c1-57(2)43-35-27-19-12-9-10-14-24-33-41-49-66(71)83-62(53-77-64(69)47-39-31-23-17-16-21-29-37-45-59(5)6)55-81-85(73,74)79-51-61(68)52-80-86(75,76)82-56-63(54-78-65(70)48-40-32-26-18-22-30-38-46-60(7)8)84-67(72)50-42-34-25-15-11-13-20-28-36-44-58(3)4/h57-63,68H,9-56H2,1-8H3,(H,73,74)(H,75,76)/t61?,62-,63-/m1/s1. The second kappa shape index (κ2) is 57.0. The van der Waals surface area contributed by atoms with Crippen LogP contribution in [0.4, 0.5) is 0 Å². The van der Waals surface area contributed by atoms with Crippen LogP contribution in [0.15, 0.2) is 0 Å². The van der Waals surface area contributed by atoms with E-state index in [9.17, 15) is 43.2 Å². The third kappa shape index (κ3) is 60.9. The number of carbonyl (C=O) groups excluding carboxylic acids is 4. The summed E-state index contributed by atoms with van der Waals surface area (Å²) in [7, 11) is -9.90. The predicted octanol–water partition coefficient (Wildman–Crippen LogP) is 18.5. The molecule has 0 aliphatic carbocycles. The first kappa shape index (κ1) is 84.1. The molecule has 0 bridgehead atoms. The summed E-state index contributed by atoms with van der Waals surface area (Å²) in [5.41, 5.74) is 0. The SMILES string of the molecule is CC(C)CCCCCCCCCCCCC(=O)O[C@H](COC(=O)CCCCCCCCCCC(C)C)COP(=O)(O)OCC(O)COP(=O)(O)OC[C@@H](COC(=O)CCCCCCCCCC(C)C)OC(=O)CCCCCCCCCCCC(C)C. The van der Waals surface area contributed by atoms with E-state index in [1.165, 1.54) is 122 Å². The van der Waals surface area contributed by atoms with E-state index in [0.717, 1.165) is 114 Å². The maximum Gasteiger partial charge on any atom is 0.472 e. The second-order valence-electron chi connectivity index (χ2n) is 26.1. The van der Waals surface area contributed by atoms with Crippen molar-refractivity contribution >= 4 is 39.5 Å². The topological polar surface area (TPSA) is 237 Å². The summed E-state index contributed by atoms with van der Waals surface area (Å²) in [5.74, 6) is 0.785. The Morgan fingerprint density at radius 2 is 0.488 bits per heavy atom. The molecule has 0 aliphatic rings. The van der Waals surface area contributed by atoms with Crippen molar-refractivity contribution in [2.24, 2.45) is 23.7 Å². The molecule has 86 heavy (non-hydrogen) atoms. The van der Waals surface area contributed by atoms with Crippen LogP contribution in [-0.2, 0) is 65.4 Å². The molecule has 3 N–H and O–H groups in total. The van der Waals surface area contributed by atoms with Crippen molar-refractivity contribution in [2.75, 3.05) is 39.6 Å². The van der Waals surface area contributed by atoms with Gasteiger partial charge in [0.05, 0.1) is 26.4 Å². The number of ether oxygens (including phenoxy) is 4. The molecule has 0 aliphatic heterocycles. The fourth-order valence-corrected chi connectivity index (χ4v) is 11.5. The van der Waals surface area contributed by atoms with Crippen LogP contribution in [0, 0.1) is 23.7 Å². The minimum Gasteiger partial charge on any atom is -0.462 e. The van der Waals surface area contributed by atoms with Crippen LogP contribution >= 0.6 is 15.6 Å². The van der Waals surface area contributed by atoms with Gasteiger partial charge in [-0.15, -0.1) is 0 Å². The lowest BCUT2D eigenvalue weighted by atomic mass is 10.0. The minimum atomic E-state index is -4.95. The van der Waals surface area contributed by atoms with Gasteiger partial charge < -0.3 is 33.8 Å². The molecule has 0 rings (SSSR count). The van der Waals surface area contributed by atoms with E-state index < -0.39 is 97.5 Å². The van der Waals surface area contributed by atoms with Gasteiger partial charge in [0, 0.05) is 25.7 Å². The van der Waals surface area contributed by atoms with Crippen molar-refractivity contribution < 1.29 is 80.2 Å². The van der Waals surface area contributed by atoms with Gasteiger partial charge in [-0.25, -0.2) is 9.13 Å². The van der Waals surface area contributed by atoms with Crippen molar-refractivity contribution in [3.8, 4) is 0 Å². The molecular formula is C67H130O17P2. The smallest absolute Gasteiger partial charge is 0.462 e. The molecule has 0 spiro atoms. The van der Waals surface area contributed by atoms with Crippen molar-refractivity contribution in [3.05, 3.63) is 0 Å². The van der Waals surface area contributed by atoms with Crippen LogP contribution in [0.5, 0.6) is 0 Å². The summed E-state index contributed by atoms with van der Waals surface area (Å²) in [4.78, 5) is 72.4. The quantitative estimate of drug-likeness (QED) is 0.0222. The first-order chi connectivity index (χ1) is 41.1. The Balaban J connectivity index is 5.26. The van der Waals surface area contributed by atoms with Gasteiger partial charge in [0.2, 0.25) is 0 Å². The lowest BCUT2D eigenvalue weighted by Crippen LogP contribution is -2.30. The van der Waals surface area contributed by atoms with E-state index in [0.29, 0.717) is 31.6 Å². The molecule has 0 saturated heterocycles. The zero-order valence-corrected chi connectivity index (χ0v) is 57.7. The third-order valence-electron chi connectivity index (χ3n) is 15.3. The van der Waals surface area contributed by atoms with Crippen LogP contribution < -0.4 is 0 Å². The summed E-state index contributed by atoms with van der Waals surface area (Å²) in [6.45, 7) is 14.0. The molecule has 0 fully saturated rings. The van der Waals surface area contributed by atoms with Crippen LogP contribution in [0.3, 0.4) is 0 Å². The highest BCUT2D eigenvalue weighted by Crippen LogP contribution is 2.45. The molecule has 0 heterocycles. The Labute approximate surface area is 524 Å². The summed E-state index contributed by atoms with van der Waals surface area (Å²) in [6, 6.07) is 0. The molecule has 0 saturated carbocycles. The minimum absolute atomic E-state index is 0.104. The molecule has 0 aromatic heterocycles. The highest BCUT2D eigenvalue weighted by atomic mass is 31.2. The van der Waals surface area contributed by atoms with E-state index in [2.05, 4.69) is 55.4 Å². The third-order valence-corrected chi connectivity index (χ3v) is 17.2. The zero-order valence-electron chi connectivity index (χ0n) is 55.9. The van der Waals surface area contributed by atoms with Gasteiger partial charge >= 0.3 is 39.5 Å². The number of carbonyl (C=O) groups is 4. The summed E-state index contributed by atoms with van der Waals surface area (Å²) >= 11 is 0. The Bertz CT molecular complexity index is 1710. The lowest BCUT2D eigenvalue weighted by Gasteiger charge is -2.21. The molecule has 19 heteroatoms. The highest BCUT2D eigenvalue weighted by Gasteiger charge is 2.30. The van der Waals surface area contributed by atoms with Gasteiger partial charge in [-0.3, -0.25) is 37.3 Å². The lowest BCUT2D eigenvalue weighted by molar-refractivity contribution is -0.161. The number of phosphoric acid groups is 2. The second-order valence-corrected chi connectivity index (χ2v) is 29.0. The summed E-state index contributed by atoms with van der Waals surface area (Å²) in [5, 5.41) is 10.6. The van der Waals surface area contributed by atoms with E-state index in [1.807, 2.05) is 0 Å². The molecule has 17 nitrogen and oxygen atoms in total. The molecule has 510 valence electrons. The Kier molecular flexibility index (Phi) is 55.7. The first-order valence-corrected chi connectivity index (χ1v) is 37.7. The van der Waals surface area contributed by atoms with Gasteiger partial charge in [-0.05, 0) is 49.4 Å². The summed E-state index contributed by atoms with van der Waals surface area (Å²) in [6.07, 6.45) is 37.7. The van der Waals surface area contributed by atoms with Gasteiger partial charge in [-0.1, -0.05) is 274 Å². The number of hydrogen-bond acceptors (Lipinski definition) is 15. The average molecular weight is 1270 g/mol. The number of hydrogen-bond donors (Lipinski definition) is 3. The number of phosphoric ester groups is 2. The van der Waals surface area contributed by atoms with E-state index >= 15 is 0 Å². The normalized spacial score (nSPS) is 14.4. The number of aliphatic hydroxyl groups excluding tert-OH is 1. The Hall–Kier alpha value is -1.94. The molecule has 0 amide bonds. The monoisotopic (exact) mass is 1270 g/mol. The maximum atomic E-state index is 13.0. The van der Waals surface area contributed by atoms with Gasteiger partial charge in [-0.2, -0.15) is 0 Å². The van der Waals surface area contributed by atoms with Crippen LogP contribution in [0.2, 0.25) is 0 Å².